The van der Waals surface area contributed by atoms with Gasteiger partial charge in [-0.3, -0.25) is 0 Å². The van der Waals surface area contributed by atoms with Gasteiger partial charge in [0.25, 0.3) is 0 Å². The van der Waals surface area contributed by atoms with Gasteiger partial charge in [-0.15, -0.1) is 0 Å². The van der Waals surface area contributed by atoms with Gasteiger partial charge in [-0.05, 0) is 91.6 Å². The summed E-state index contributed by atoms with van der Waals surface area (Å²) in [6.45, 7) is 0. The Morgan fingerprint density at radius 3 is 2.39 bits per heavy atom. The van der Waals surface area contributed by atoms with E-state index in [1.807, 2.05) is 0 Å². The molecule has 1 heteroatoms. The van der Waals surface area contributed by atoms with Crippen molar-refractivity contribution in [2.75, 3.05) is 24.5 Å². The molecule has 0 radical (unpaired) electrons. The smallest absolute Gasteiger partial charge is 0.0194 e. The molecule has 0 aromatic heterocycles. The third-order valence-corrected chi connectivity index (χ3v) is 7.97. The highest BCUT2D eigenvalue weighted by atomic mass is 32.3. The summed E-state index contributed by atoms with van der Waals surface area (Å²) in [5.41, 5.74) is 0. The third kappa shape index (κ3) is 1.65. The number of fused-ring (bicyclic) bond motifs is 9. The highest BCUT2D eigenvalue weighted by Gasteiger charge is 2.60. The van der Waals surface area contributed by atoms with Crippen molar-refractivity contribution in [2.45, 2.75) is 25.7 Å². The molecule has 7 atom stereocenters. The predicted molar refractivity (Wildman–Crippen MR) is 82.3 cm³/mol. The zero-order valence-electron chi connectivity index (χ0n) is 12.1. The van der Waals surface area contributed by atoms with Crippen LogP contribution in [-0.4, -0.2) is 24.5 Å². The van der Waals surface area contributed by atoms with Gasteiger partial charge >= 0.3 is 0 Å². The first-order valence-electron chi connectivity index (χ1n) is 7.87. The Balaban J connectivity index is 1.47. The van der Waals surface area contributed by atoms with Crippen LogP contribution in [0.2, 0.25) is 0 Å². The molecule has 0 heterocycles. The first-order valence-corrected chi connectivity index (χ1v) is 10.9. The van der Waals surface area contributed by atoms with Crippen molar-refractivity contribution in [3.05, 3.63) is 12.2 Å². The van der Waals surface area contributed by atoms with E-state index >= 15 is 0 Å². The van der Waals surface area contributed by atoms with E-state index in [-0.39, 0.29) is 10.0 Å². The van der Waals surface area contributed by atoms with Gasteiger partial charge in [0.15, 0.2) is 0 Å². The summed E-state index contributed by atoms with van der Waals surface area (Å²) in [6, 6.07) is 0. The molecule has 0 aromatic rings. The quantitative estimate of drug-likeness (QED) is 0.530. The minimum absolute atomic E-state index is 0.275. The topological polar surface area (TPSA) is 0 Å². The molecule has 18 heavy (non-hydrogen) atoms. The SMILES string of the molecule is CS(C)(C)CCC1CC2CC1C1C3C=CC(C3)C21. The Morgan fingerprint density at radius 1 is 0.944 bits per heavy atom. The molecular weight excluding hydrogens is 236 g/mol. The van der Waals surface area contributed by atoms with Gasteiger partial charge in [0, 0.05) is 0 Å². The van der Waals surface area contributed by atoms with Gasteiger partial charge in [-0.1, -0.05) is 12.2 Å². The van der Waals surface area contributed by atoms with Gasteiger partial charge in [-0.2, -0.15) is 0 Å². The first-order chi connectivity index (χ1) is 8.53. The van der Waals surface area contributed by atoms with Gasteiger partial charge in [0.1, 0.15) is 0 Å². The standard InChI is InChI=1S/C17H28S/c1-18(2,3)7-6-11-8-14-10-15(11)17-13-5-4-12(9-13)16(14)17/h4-5,11-17H,6-10H2,1-3H3. The Morgan fingerprint density at radius 2 is 1.67 bits per heavy atom. The molecular formula is C17H28S. The van der Waals surface area contributed by atoms with Crippen LogP contribution >= 0.6 is 10.0 Å². The van der Waals surface area contributed by atoms with Crippen LogP contribution in [0.3, 0.4) is 0 Å². The molecule has 4 aliphatic carbocycles. The van der Waals surface area contributed by atoms with Crippen molar-refractivity contribution < 1.29 is 0 Å². The largest absolute Gasteiger partial charge is 0.250 e. The van der Waals surface area contributed by atoms with Crippen LogP contribution in [0, 0.1) is 41.4 Å². The molecule has 0 saturated heterocycles. The summed E-state index contributed by atoms with van der Waals surface area (Å²) in [5.74, 6) is 9.13. The Kier molecular flexibility index (Phi) is 2.51. The highest BCUT2D eigenvalue weighted by Crippen LogP contribution is 2.67. The van der Waals surface area contributed by atoms with E-state index in [1.54, 1.807) is 19.3 Å². The molecule has 4 aliphatic rings. The van der Waals surface area contributed by atoms with E-state index < -0.39 is 0 Å². The average Bonchev–Trinajstić information content (AvgIpc) is 3.02. The maximum absolute atomic E-state index is 2.58. The minimum Gasteiger partial charge on any atom is -0.250 e. The van der Waals surface area contributed by atoms with Crippen LogP contribution < -0.4 is 0 Å². The van der Waals surface area contributed by atoms with Crippen LogP contribution in [0.1, 0.15) is 25.7 Å². The van der Waals surface area contributed by atoms with E-state index in [2.05, 4.69) is 30.9 Å². The Hall–Kier alpha value is 0.0900. The zero-order chi connectivity index (χ0) is 12.5. The van der Waals surface area contributed by atoms with Gasteiger partial charge in [0.05, 0.1) is 0 Å². The molecule has 0 N–H and O–H groups in total. The van der Waals surface area contributed by atoms with Crippen LogP contribution in [0.25, 0.3) is 0 Å². The molecule has 7 unspecified atom stereocenters. The number of hydrogen-bond acceptors (Lipinski definition) is 0. The lowest BCUT2D eigenvalue weighted by Gasteiger charge is -2.38. The second-order valence-electron chi connectivity index (χ2n) is 8.34. The summed E-state index contributed by atoms with van der Waals surface area (Å²) < 4.78 is 0. The van der Waals surface area contributed by atoms with Crippen LogP contribution in [-0.2, 0) is 0 Å². The van der Waals surface area contributed by atoms with Crippen LogP contribution in [0.5, 0.6) is 0 Å². The minimum atomic E-state index is -0.275. The lowest BCUT2D eigenvalue weighted by Crippen LogP contribution is -2.31. The van der Waals surface area contributed by atoms with Crippen molar-refractivity contribution in [3.63, 3.8) is 0 Å². The third-order valence-electron chi connectivity index (χ3n) is 6.51. The predicted octanol–water partition coefficient (Wildman–Crippen LogP) is 4.16. The van der Waals surface area contributed by atoms with E-state index in [0.29, 0.717) is 0 Å². The molecule has 0 aliphatic heterocycles. The highest BCUT2D eigenvalue weighted by molar-refractivity contribution is 8.32. The van der Waals surface area contributed by atoms with Crippen molar-refractivity contribution in [2.24, 2.45) is 41.4 Å². The molecule has 4 rings (SSSR count). The fourth-order valence-corrected chi connectivity index (χ4v) is 7.00. The van der Waals surface area contributed by atoms with Crippen LogP contribution in [0.4, 0.5) is 0 Å². The summed E-state index contributed by atoms with van der Waals surface area (Å²) in [6.07, 6.45) is 18.9. The molecule has 3 fully saturated rings. The Labute approximate surface area is 114 Å². The van der Waals surface area contributed by atoms with Gasteiger partial charge in [-0.25, -0.2) is 10.0 Å². The maximum Gasteiger partial charge on any atom is -0.0194 e. The first kappa shape index (κ1) is 11.9. The van der Waals surface area contributed by atoms with Gasteiger partial charge < -0.3 is 0 Å². The van der Waals surface area contributed by atoms with Crippen molar-refractivity contribution in [1.82, 2.24) is 0 Å². The van der Waals surface area contributed by atoms with E-state index in [0.717, 1.165) is 41.4 Å². The molecule has 4 bridgehead atoms. The summed E-state index contributed by atoms with van der Waals surface area (Å²) >= 11 is 0. The van der Waals surface area contributed by atoms with Crippen molar-refractivity contribution >= 4 is 10.0 Å². The lowest BCUT2D eigenvalue weighted by molar-refractivity contribution is 0.148. The molecule has 0 amide bonds. The number of hydrogen-bond donors (Lipinski definition) is 0. The lowest BCUT2D eigenvalue weighted by atomic mass is 9.69. The van der Waals surface area contributed by atoms with Gasteiger partial charge in [0.2, 0.25) is 0 Å². The summed E-state index contributed by atoms with van der Waals surface area (Å²) in [5, 5.41) is 0. The maximum atomic E-state index is 2.58. The fraction of sp³-hybridized carbons (Fsp3) is 0.882. The zero-order valence-corrected chi connectivity index (χ0v) is 13.0. The van der Waals surface area contributed by atoms with Crippen molar-refractivity contribution in [3.8, 4) is 0 Å². The molecule has 102 valence electrons. The van der Waals surface area contributed by atoms with E-state index in [9.17, 15) is 0 Å². The Bertz CT molecular complexity index is 378. The number of rotatable bonds is 3. The molecule has 0 nitrogen and oxygen atoms in total. The second-order valence-corrected chi connectivity index (χ2v) is 12.9. The summed E-state index contributed by atoms with van der Waals surface area (Å²) in [4.78, 5) is 0. The van der Waals surface area contributed by atoms with Crippen molar-refractivity contribution in [1.29, 1.82) is 0 Å². The normalized spacial score (nSPS) is 53.2. The molecule has 3 saturated carbocycles. The molecule has 0 spiro atoms. The van der Waals surface area contributed by atoms with E-state index in [1.165, 1.54) is 12.2 Å². The van der Waals surface area contributed by atoms with E-state index in [4.69, 9.17) is 0 Å². The monoisotopic (exact) mass is 264 g/mol. The molecule has 0 aromatic carbocycles. The summed E-state index contributed by atoms with van der Waals surface area (Å²) in [7, 11) is -0.275. The fourth-order valence-electron chi connectivity index (χ4n) is 5.99. The average molecular weight is 264 g/mol. The van der Waals surface area contributed by atoms with Crippen LogP contribution in [0.15, 0.2) is 12.2 Å². The number of allylic oxidation sites excluding steroid dienone is 2. The second kappa shape index (κ2) is 3.81.